The van der Waals surface area contributed by atoms with Crippen molar-refractivity contribution < 1.29 is 56.9 Å². The summed E-state index contributed by atoms with van der Waals surface area (Å²) in [6.45, 7) is 11.4. The third kappa shape index (κ3) is 19.5. The number of hydrogen-bond donors (Lipinski definition) is 0. The number of methoxy groups -OCH3 is 4. The van der Waals surface area contributed by atoms with Crippen molar-refractivity contribution in [3.05, 3.63) is 141 Å². The van der Waals surface area contributed by atoms with E-state index in [9.17, 15) is 4.79 Å². The van der Waals surface area contributed by atoms with Crippen LogP contribution in [-0.2, 0) is 42.6 Å². The summed E-state index contributed by atoms with van der Waals surface area (Å²) < 4.78 is 62.4. The van der Waals surface area contributed by atoms with E-state index < -0.39 is 12.8 Å². The van der Waals surface area contributed by atoms with Crippen molar-refractivity contribution >= 4 is 42.3 Å². The van der Waals surface area contributed by atoms with Crippen molar-refractivity contribution in [2.24, 2.45) is 4.99 Å². The number of ether oxygens (including phenoxy) is 11. The minimum Gasteiger partial charge on any atom is -0.491 e. The Morgan fingerprint density at radius 2 is 1.07 bits per heavy atom. The van der Waals surface area contributed by atoms with Crippen molar-refractivity contribution in [1.82, 2.24) is 4.48 Å². The number of nitrogens with zero attached hydrogens (tertiary/aromatic N) is 2. The van der Waals surface area contributed by atoms with E-state index in [1.54, 1.807) is 47.5 Å². The fraction of sp³-hybridized carbons (Fsp3) is 0.379. The number of carbonyl (C=O) groups is 1. The van der Waals surface area contributed by atoms with Gasteiger partial charge in [-0.05, 0) is 109 Å². The summed E-state index contributed by atoms with van der Waals surface area (Å²) in [6, 6.07) is 25.3. The Kier molecular flexibility index (Phi) is 26.2. The molecular weight excluding hydrogens is 927 g/mol. The molecule has 386 valence electrons. The summed E-state index contributed by atoms with van der Waals surface area (Å²) in [5, 5.41) is 0. The third-order valence-electron chi connectivity index (χ3n) is 10.9. The summed E-state index contributed by atoms with van der Waals surface area (Å²) in [5.74, 6) is 14.4. The normalized spacial score (nSPS) is 12.8. The number of rotatable bonds is 31. The average molecular weight is 997 g/mol. The zero-order valence-corrected chi connectivity index (χ0v) is 43.4. The predicted molar refractivity (Wildman–Crippen MR) is 288 cm³/mol. The van der Waals surface area contributed by atoms with Gasteiger partial charge in [0, 0.05) is 45.4 Å². The molecule has 15 heteroatoms. The highest BCUT2D eigenvalue weighted by atomic mass is 16.6. The van der Waals surface area contributed by atoms with Crippen LogP contribution in [0.15, 0.2) is 107 Å². The maximum atomic E-state index is 12.9. The number of aliphatic imine (C=N–C) groups is 1. The summed E-state index contributed by atoms with van der Waals surface area (Å²) in [7, 11) is 6.55. The fourth-order valence-electron chi connectivity index (χ4n) is 7.27. The lowest BCUT2D eigenvalue weighted by atomic mass is 9.63. The molecule has 0 aliphatic carbocycles. The third-order valence-corrected chi connectivity index (χ3v) is 10.9. The molecule has 1 aromatic heterocycles. The molecule has 4 aromatic rings. The van der Waals surface area contributed by atoms with E-state index in [0.29, 0.717) is 84.8 Å². The number of benzene rings is 3. The molecule has 14 nitrogen and oxygen atoms in total. The number of allylic oxidation sites excluding steroid dienone is 3. The Morgan fingerprint density at radius 3 is 1.58 bits per heavy atom. The van der Waals surface area contributed by atoms with Gasteiger partial charge in [0.1, 0.15) is 37.9 Å². The smallest absolute Gasteiger partial charge is 0.433 e. The zero-order valence-electron chi connectivity index (χ0n) is 43.4. The first-order valence-electron chi connectivity index (χ1n) is 24.4. The molecule has 0 bridgehead atoms. The highest BCUT2D eigenvalue weighted by molar-refractivity contribution is 6.74. The number of aromatic nitrogens is 1. The molecule has 5 rings (SSSR count). The van der Waals surface area contributed by atoms with Gasteiger partial charge in [0.2, 0.25) is 0 Å². The molecular formula is C58H69BN2O12. The SMILES string of the molecule is CCOC(=O)c1ccc(/C(=C2N=C(/C=C/c3ccc(OCCOCCOC)cc3)C=C/2C)c2c(C)cc(/C=C/c3ccc(OCCOCCOC)cc3)n2B(C#CCOCCOC)C#CCOCCOC)cc1. The molecule has 1 aliphatic rings. The number of esters is 1. The quantitative estimate of drug-likeness (QED) is 0.0208. The molecule has 0 amide bonds. The van der Waals surface area contributed by atoms with Crippen molar-refractivity contribution in [2.75, 3.05) is 128 Å². The highest BCUT2D eigenvalue weighted by Crippen LogP contribution is 2.38. The van der Waals surface area contributed by atoms with Crippen LogP contribution >= 0.6 is 0 Å². The predicted octanol–water partition coefficient (Wildman–Crippen LogP) is 8.35. The van der Waals surface area contributed by atoms with Crippen LogP contribution in [0, 0.1) is 30.4 Å². The van der Waals surface area contributed by atoms with Crippen molar-refractivity contribution in [2.45, 2.75) is 20.8 Å². The average Bonchev–Trinajstić information content (AvgIpc) is 3.94. The van der Waals surface area contributed by atoms with Gasteiger partial charge in [-0.25, -0.2) is 9.79 Å². The van der Waals surface area contributed by atoms with Crippen LogP contribution in [-0.4, -0.2) is 151 Å². The van der Waals surface area contributed by atoms with Gasteiger partial charge in [-0.3, -0.25) is 0 Å². The Morgan fingerprint density at radius 1 is 0.589 bits per heavy atom. The molecule has 0 saturated carbocycles. The van der Waals surface area contributed by atoms with Gasteiger partial charge >= 0.3 is 12.8 Å². The zero-order chi connectivity index (χ0) is 51.9. The number of carbonyl (C=O) groups excluding carboxylic acids is 1. The van der Waals surface area contributed by atoms with Crippen LogP contribution in [0.1, 0.15) is 57.8 Å². The van der Waals surface area contributed by atoms with Crippen LogP contribution in [0.5, 0.6) is 11.5 Å². The fourth-order valence-corrected chi connectivity index (χ4v) is 7.27. The first-order valence-corrected chi connectivity index (χ1v) is 24.4. The molecule has 0 N–H and O–H groups in total. The Hall–Kier alpha value is -6.50. The lowest BCUT2D eigenvalue weighted by molar-refractivity contribution is 0.0526. The lowest BCUT2D eigenvalue weighted by Crippen LogP contribution is -2.26. The monoisotopic (exact) mass is 996 g/mol. The van der Waals surface area contributed by atoms with Crippen molar-refractivity contribution in [3.8, 4) is 35.0 Å². The second kappa shape index (κ2) is 33.3. The van der Waals surface area contributed by atoms with Crippen molar-refractivity contribution in [1.29, 1.82) is 0 Å². The molecule has 0 atom stereocenters. The molecule has 3 aromatic carbocycles. The Labute approximate surface area is 432 Å². The van der Waals surface area contributed by atoms with Crippen LogP contribution in [0.25, 0.3) is 23.8 Å². The van der Waals surface area contributed by atoms with Crippen molar-refractivity contribution in [3.63, 3.8) is 0 Å². The van der Waals surface area contributed by atoms with E-state index in [1.165, 1.54) is 0 Å². The topological polar surface area (TPSA) is 136 Å². The number of hydrogen-bond acceptors (Lipinski definition) is 13. The molecule has 0 radical (unpaired) electrons. The number of aryl methyl sites for hydroxylation is 1. The molecule has 0 saturated heterocycles. The van der Waals surface area contributed by atoms with E-state index >= 15 is 0 Å². The summed E-state index contributed by atoms with van der Waals surface area (Å²) >= 11 is 0. The molecule has 73 heavy (non-hydrogen) atoms. The van der Waals surface area contributed by atoms with Crippen LogP contribution < -0.4 is 9.47 Å². The molecule has 1 aliphatic heterocycles. The van der Waals surface area contributed by atoms with Gasteiger partial charge in [-0.1, -0.05) is 60.4 Å². The van der Waals surface area contributed by atoms with Crippen LogP contribution in [0.3, 0.4) is 0 Å². The van der Waals surface area contributed by atoms with Gasteiger partial charge < -0.3 is 56.6 Å². The summed E-state index contributed by atoms with van der Waals surface area (Å²) in [4.78, 5) is 18.2. The first-order chi connectivity index (χ1) is 35.8. The Balaban J connectivity index is 1.62. The Bertz CT molecular complexity index is 2560. The minimum atomic E-state index is -0.680. The highest BCUT2D eigenvalue weighted by Gasteiger charge is 2.28. The molecule has 0 spiro atoms. The van der Waals surface area contributed by atoms with E-state index in [1.807, 2.05) is 78.9 Å². The van der Waals surface area contributed by atoms with Gasteiger partial charge in [-0.2, -0.15) is 0 Å². The maximum Gasteiger partial charge on any atom is 0.433 e. The van der Waals surface area contributed by atoms with E-state index in [4.69, 9.17) is 57.1 Å². The molecule has 2 heterocycles. The summed E-state index contributed by atoms with van der Waals surface area (Å²) in [5.41, 5.74) is 9.11. The summed E-state index contributed by atoms with van der Waals surface area (Å²) in [6.07, 6.45) is 10.2. The largest absolute Gasteiger partial charge is 0.491 e. The molecule has 0 fully saturated rings. The van der Waals surface area contributed by atoms with Gasteiger partial charge in [-0.15, -0.1) is 11.6 Å². The molecule has 0 unspecified atom stereocenters. The lowest BCUT2D eigenvalue weighted by Gasteiger charge is -2.19. The van der Waals surface area contributed by atoms with Gasteiger partial charge in [0.15, 0.2) is 0 Å². The first kappa shape index (κ1) is 57.4. The second-order valence-corrected chi connectivity index (χ2v) is 16.2. The van der Waals surface area contributed by atoms with Gasteiger partial charge in [0.25, 0.3) is 0 Å². The van der Waals surface area contributed by atoms with Gasteiger partial charge in [0.05, 0.1) is 89.6 Å². The van der Waals surface area contributed by atoms with E-state index in [-0.39, 0.29) is 19.8 Å². The van der Waals surface area contributed by atoms with Crippen LogP contribution in [0.2, 0.25) is 0 Å². The van der Waals surface area contributed by atoms with E-state index in [2.05, 4.69) is 60.0 Å². The van der Waals surface area contributed by atoms with E-state index in [0.717, 1.165) is 67.7 Å². The standard InChI is InChI=1S/C58H69BN2O12/c1-8-71-58(62)50-19-17-49(18-20-50)55(56-45(2)43-51(60-56)21-11-47-13-23-53(24-14-47)72-41-39-69-37-33-65-6)57-46(3)44-52(22-12-48-15-25-54(26-16-48)73-42-40-70-38-34-66-7)61(57)59(27-9-29-67-35-31-63-4)28-10-30-68-36-32-64-5/h11-26,43-44H,8,29-42H2,1-7H3/b21-11+,22-12+,56-55-. The van der Waals surface area contributed by atoms with Crippen LogP contribution in [0.4, 0.5) is 0 Å². The minimum absolute atomic E-state index is 0.172. The second-order valence-electron chi connectivity index (χ2n) is 16.2. The maximum absolute atomic E-state index is 12.9.